The molecule has 5 nitrogen and oxygen atoms in total. The Labute approximate surface area is 86.0 Å². The summed E-state index contributed by atoms with van der Waals surface area (Å²) in [5.41, 5.74) is 0. The molecule has 0 saturated heterocycles. The van der Waals surface area contributed by atoms with Gasteiger partial charge in [-0.15, -0.1) is 0 Å². The molecule has 6 heteroatoms. The van der Waals surface area contributed by atoms with E-state index < -0.39 is 5.97 Å². The van der Waals surface area contributed by atoms with E-state index in [0.29, 0.717) is 0 Å². The number of aromatic nitrogens is 1. The van der Waals surface area contributed by atoms with E-state index in [0.717, 1.165) is 6.92 Å². The Morgan fingerprint density at radius 2 is 2.09 bits per heavy atom. The van der Waals surface area contributed by atoms with Crippen LogP contribution in [0.1, 0.15) is 6.92 Å². The number of hydrogen-bond acceptors (Lipinski definition) is 4. The minimum atomic E-state index is -1.08. The van der Waals surface area contributed by atoms with Gasteiger partial charge in [-0.25, -0.2) is 4.98 Å². The topological polar surface area (TPSA) is 97.7 Å². The smallest absolute Gasteiger partial charge is 0.550 e. The maximum atomic E-state index is 8.89. The summed E-state index contributed by atoms with van der Waals surface area (Å²) in [6.45, 7) is 0.972. The van der Waals surface area contributed by atoms with Gasteiger partial charge in [-0.3, -0.25) is 0 Å². The molecular formula is C5H8NNaO4. The molecule has 1 heterocycles. The van der Waals surface area contributed by atoms with Gasteiger partial charge in [0.1, 0.15) is 6.26 Å². The molecular weight excluding hydrogens is 161 g/mol. The van der Waals surface area contributed by atoms with Crippen LogP contribution in [0.5, 0.6) is 0 Å². The van der Waals surface area contributed by atoms with Crippen molar-refractivity contribution in [3.05, 3.63) is 18.9 Å². The van der Waals surface area contributed by atoms with Gasteiger partial charge in [0.2, 0.25) is 0 Å². The Hall–Kier alpha value is -0.360. The van der Waals surface area contributed by atoms with Crippen molar-refractivity contribution in [2.45, 2.75) is 6.92 Å². The third-order valence-electron chi connectivity index (χ3n) is 0.347. The van der Waals surface area contributed by atoms with Gasteiger partial charge in [0.25, 0.3) is 0 Å². The summed E-state index contributed by atoms with van der Waals surface area (Å²) in [4.78, 5) is 12.4. The van der Waals surface area contributed by atoms with Crippen molar-refractivity contribution >= 4 is 5.97 Å². The van der Waals surface area contributed by atoms with Crippen molar-refractivity contribution in [2.24, 2.45) is 0 Å². The van der Waals surface area contributed by atoms with Crippen molar-refractivity contribution in [1.82, 2.24) is 4.98 Å². The van der Waals surface area contributed by atoms with Gasteiger partial charge in [0.15, 0.2) is 6.39 Å². The Morgan fingerprint density at radius 1 is 1.64 bits per heavy atom. The molecule has 0 atom stereocenters. The van der Waals surface area contributed by atoms with Crippen LogP contribution in [0, 0.1) is 0 Å². The number of carbonyl (C=O) groups is 1. The second-order valence-corrected chi connectivity index (χ2v) is 1.17. The first-order chi connectivity index (χ1) is 4.23. The first-order valence-electron chi connectivity index (χ1n) is 2.23. The van der Waals surface area contributed by atoms with E-state index in [1.165, 1.54) is 12.7 Å². The first-order valence-corrected chi connectivity index (χ1v) is 2.23. The van der Waals surface area contributed by atoms with Crippen LogP contribution in [0.4, 0.5) is 0 Å². The van der Waals surface area contributed by atoms with E-state index in [1.54, 1.807) is 6.20 Å². The molecule has 11 heavy (non-hydrogen) atoms. The van der Waals surface area contributed by atoms with E-state index in [9.17, 15) is 0 Å². The zero-order valence-electron chi connectivity index (χ0n) is 6.40. The zero-order valence-corrected chi connectivity index (χ0v) is 8.40. The predicted octanol–water partition coefficient (Wildman–Crippen LogP) is -4.39. The molecule has 0 saturated carbocycles. The normalized spacial score (nSPS) is 5.91. The molecule has 0 amide bonds. The number of carbonyl (C=O) groups excluding carboxylic acids is 1. The summed E-state index contributed by atoms with van der Waals surface area (Å²) >= 11 is 0. The molecule has 0 aromatic carbocycles. The molecule has 0 radical (unpaired) electrons. The largest absolute Gasteiger partial charge is 1.00 e. The van der Waals surface area contributed by atoms with Gasteiger partial charge in [-0.2, -0.15) is 0 Å². The number of carboxylic acid groups (broad SMARTS) is 1. The van der Waals surface area contributed by atoms with Gasteiger partial charge in [-0.05, 0) is 6.92 Å². The zero-order chi connectivity index (χ0) is 7.11. The Kier molecular flexibility index (Phi) is 19.0. The minimum absolute atomic E-state index is 0. The van der Waals surface area contributed by atoms with Crippen molar-refractivity contribution in [3.63, 3.8) is 0 Å². The summed E-state index contributed by atoms with van der Waals surface area (Å²) < 4.78 is 4.47. The fourth-order valence-corrected chi connectivity index (χ4v) is 0.176. The standard InChI is InChI=1S/C3H3NO.C2H4O2.Na.H2O/c1-2-5-3-4-1;1-2(3)4;;/h1-3H;1H3,(H,3,4);;1H2/q;;+1;/p-1. The summed E-state index contributed by atoms with van der Waals surface area (Å²) in [5.74, 6) is -1.08. The van der Waals surface area contributed by atoms with E-state index in [4.69, 9.17) is 9.90 Å². The quantitative estimate of drug-likeness (QED) is 0.366. The average molecular weight is 169 g/mol. The maximum Gasteiger partial charge on any atom is 1.00 e. The van der Waals surface area contributed by atoms with E-state index >= 15 is 0 Å². The summed E-state index contributed by atoms with van der Waals surface area (Å²) in [6, 6.07) is 0. The van der Waals surface area contributed by atoms with E-state index in [-0.39, 0.29) is 35.0 Å². The molecule has 0 aliphatic rings. The van der Waals surface area contributed by atoms with Crippen LogP contribution in [0.15, 0.2) is 23.3 Å². The second-order valence-electron chi connectivity index (χ2n) is 1.17. The third kappa shape index (κ3) is 26.1. The van der Waals surface area contributed by atoms with Gasteiger partial charge in [0, 0.05) is 5.97 Å². The van der Waals surface area contributed by atoms with Crippen LogP contribution < -0.4 is 34.7 Å². The number of nitrogens with zero attached hydrogens (tertiary/aromatic N) is 1. The molecule has 2 N–H and O–H groups in total. The molecule has 0 unspecified atom stereocenters. The summed E-state index contributed by atoms with van der Waals surface area (Å²) in [7, 11) is 0. The van der Waals surface area contributed by atoms with Gasteiger partial charge >= 0.3 is 29.6 Å². The van der Waals surface area contributed by atoms with Crippen LogP contribution in [0.2, 0.25) is 0 Å². The fourth-order valence-electron chi connectivity index (χ4n) is 0.176. The Balaban J connectivity index is -0.000000101. The van der Waals surface area contributed by atoms with Crippen LogP contribution >= 0.6 is 0 Å². The monoisotopic (exact) mass is 169 g/mol. The maximum absolute atomic E-state index is 8.89. The average Bonchev–Trinajstić information content (AvgIpc) is 2.11. The second kappa shape index (κ2) is 12.3. The SMILES string of the molecule is CC(=O)[O-].O.[Na+].c1cocn1. The van der Waals surface area contributed by atoms with Gasteiger partial charge in [0.05, 0.1) is 6.20 Å². The number of rotatable bonds is 0. The number of aliphatic carboxylic acids is 1. The molecule has 1 rings (SSSR count). The van der Waals surface area contributed by atoms with Gasteiger partial charge < -0.3 is 19.8 Å². The molecule has 0 aliphatic heterocycles. The number of oxazole rings is 1. The molecule has 1 aromatic heterocycles. The summed E-state index contributed by atoms with van der Waals surface area (Å²) in [6.07, 6.45) is 4.47. The van der Waals surface area contributed by atoms with Crippen LogP contribution in [0.3, 0.4) is 0 Å². The van der Waals surface area contributed by atoms with Crippen LogP contribution in [-0.2, 0) is 4.79 Å². The molecule has 0 aliphatic carbocycles. The molecule has 0 spiro atoms. The molecule has 0 bridgehead atoms. The van der Waals surface area contributed by atoms with E-state index in [1.807, 2.05) is 0 Å². The summed E-state index contributed by atoms with van der Waals surface area (Å²) in [5, 5.41) is 8.89. The fraction of sp³-hybridized carbons (Fsp3) is 0.200. The molecule has 0 fully saturated rings. The number of hydrogen-bond donors (Lipinski definition) is 0. The van der Waals surface area contributed by atoms with Crippen molar-refractivity contribution in [1.29, 1.82) is 0 Å². The third-order valence-corrected chi connectivity index (χ3v) is 0.347. The molecule has 58 valence electrons. The minimum Gasteiger partial charge on any atom is -0.550 e. The molecule has 1 aromatic rings. The van der Waals surface area contributed by atoms with Crippen LogP contribution in [-0.4, -0.2) is 16.4 Å². The van der Waals surface area contributed by atoms with E-state index in [2.05, 4.69) is 9.40 Å². The number of carboxylic acids is 1. The predicted molar refractivity (Wildman–Crippen MR) is 30.8 cm³/mol. The van der Waals surface area contributed by atoms with Crippen molar-refractivity contribution < 1.29 is 49.4 Å². The van der Waals surface area contributed by atoms with Gasteiger partial charge in [-0.1, -0.05) is 0 Å². The van der Waals surface area contributed by atoms with Crippen LogP contribution in [0.25, 0.3) is 0 Å². The van der Waals surface area contributed by atoms with Crippen molar-refractivity contribution in [3.8, 4) is 0 Å². The van der Waals surface area contributed by atoms with Crippen molar-refractivity contribution in [2.75, 3.05) is 0 Å². The Bertz CT molecular complexity index is 132. The Morgan fingerprint density at radius 3 is 2.18 bits per heavy atom. The first kappa shape index (κ1) is 16.9.